The summed E-state index contributed by atoms with van der Waals surface area (Å²) in [6, 6.07) is 1.20. The van der Waals surface area contributed by atoms with E-state index in [-0.39, 0.29) is 29.4 Å². The molecule has 1 atom stereocenters. The van der Waals surface area contributed by atoms with Gasteiger partial charge in [0.05, 0.1) is 17.7 Å². The molecular formula is C9H12Cl2N2O2. The topological polar surface area (TPSA) is 65.1 Å². The number of hydrogen-bond donors (Lipinski definition) is 3. The number of aliphatic hydroxyl groups is 1. The zero-order chi connectivity index (χ0) is 11.4. The summed E-state index contributed by atoms with van der Waals surface area (Å²) >= 11 is 11.3. The van der Waals surface area contributed by atoms with Gasteiger partial charge in [-0.2, -0.15) is 0 Å². The summed E-state index contributed by atoms with van der Waals surface area (Å²) in [7, 11) is 0. The predicted molar refractivity (Wildman–Crippen MR) is 59.4 cm³/mol. The van der Waals surface area contributed by atoms with E-state index >= 15 is 0 Å². The van der Waals surface area contributed by atoms with Crippen LogP contribution in [0, 0.1) is 0 Å². The molecule has 0 saturated heterocycles. The van der Waals surface area contributed by atoms with Crippen molar-refractivity contribution in [2.24, 2.45) is 0 Å². The third-order valence-electron chi connectivity index (χ3n) is 2.02. The summed E-state index contributed by atoms with van der Waals surface area (Å²) in [5.74, 6) is -0.329. The van der Waals surface area contributed by atoms with Crippen LogP contribution in [0.4, 0.5) is 0 Å². The van der Waals surface area contributed by atoms with Crippen molar-refractivity contribution < 1.29 is 9.90 Å². The van der Waals surface area contributed by atoms with Crippen LogP contribution >= 0.6 is 23.2 Å². The fraction of sp³-hybridized carbons (Fsp3) is 0.444. The van der Waals surface area contributed by atoms with Crippen molar-refractivity contribution in [2.45, 2.75) is 19.4 Å². The number of rotatable bonds is 4. The minimum Gasteiger partial charge on any atom is -0.394 e. The average molecular weight is 251 g/mol. The Morgan fingerprint density at radius 1 is 1.67 bits per heavy atom. The summed E-state index contributed by atoms with van der Waals surface area (Å²) in [6.07, 6.45) is 0.657. The molecule has 84 valence electrons. The number of aliphatic hydroxyl groups excluding tert-OH is 1. The molecule has 0 saturated carbocycles. The van der Waals surface area contributed by atoms with Crippen molar-refractivity contribution in [3.63, 3.8) is 0 Å². The molecule has 0 bridgehead atoms. The van der Waals surface area contributed by atoms with E-state index < -0.39 is 0 Å². The number of amides is 1. The standard InChI is InChI=1S/C9H12Cl2N2O2/c1-2-5(4-14)12-9(15)7-3-6(10)8(11)13-7/h3,5,13-14H,2,4H2,1H3,(H,12,15)/t5-/m0/s1. The summed E-state index contributed by atoms with van der Waals surface area (Å²) in [4.78, 5) is 14.2. The molecule has 6 heteroatoms. The summed E-state index contributed by atoms with van der Waals surface area (Å²) < 4.78 is 0. The number of halogens is 2. The minimum absolute atomic E-state index is 0.0928. The lowest BCUT2D eigenvalue weighted by molar-refractivity contribution is 0.0910. The van der Waals surface area contributed by atoms with Gasteiger partial charge in [0.25, 0.3) is 5.91 Å². The van der Waals surface area contributed by atoms with Crippen LogP contribution < -0.4 is 5.32 Å². The van der Waals surface area contributed by atoms with Crippen molar-refractivity contribution >= 4 is 29.1 Å². The molecule has 0 aliphatic rings. The summed E-state index contributed by atoms with van der Waals surface area (Å²) in [5, 5.41) is 12.1. The van der Waals surface area contributed by atoms with Crippen molar-refractivity contribution in [2.75, 3.05) is 6.61 Å². The molecule has 0 aromatic carbocycles. The SMILES string of the molecule is CC[C@@H](CO)NC(=O)c1cc(Cl)c(Cl)[nH]1. The van der Waals surface area contributed by atoms with Crippen LogP contribution in [0.1, 0.15) is 23.8 Å². The van der Waals surface area contributed by atoms with Gasteiger partial charge in [0.2, 0.25) is 0 Å². The Balaban J connectivity index is 2.68. The molecule has 1 amide bonds. The van der Waals surface area contributed by atoms with Gasteiger partial charge >= 0.3 is 0 Å². The lowest BCUT2D eigenvalue weighted by Crippen LogP contribution is -2.37. The smallest absolute Gasteiger partial charge is 0.268 e. The first kappa shape index (κ1) is 12.4. The Morgan fingerprint density at radius 3 is 2.73 bits per heavy atom. The normalized spacial score (nSPS) is 12.5. The van der Waals surface area contributed by atoms with Gasteiger partial charge in [-0.3, -0.25) is 4.79 Å². The molecule has 1 aromatic rings. The second-order valence-electron chi connectivity index (χ2n) is 3.11. The largest absolute Gasteiger partial charge is 0.394 e. The van der Waals surface area contributed by atoms with Crippen molar-refractivity contribution in [3.05, 3.63) is 21.9 Å². The highest BCUT2D eigenvalue weighted by atomic mass is 35.5. The van der Waals surface area contributed by atoms with E-state index in [2.05, 4.69) is 10.3 Å². The number of carbonyl (C=O) groups excluding carboxylic acids is 1. The summed E-state index contributed by atoms with van der Waals surface area (Å²) in [6.45, 7) is 1.78. The highest BCUT2D eigenvalue weighted by Crippen LogP contribution is 2.21. The van der Waals surface area contributed by atoms with E-state index in [4.69, 9.17) is 28.3 Å². The second-order valence-corrected chi connectivity index (χ2v) is 3.89. The van der Waals surface area contributed by atoms with Crippen LogP contribution in [0.2, 0.25) is 10.2 Å². The van der Waals surface area contributed by atoms with Gasteiger partial charge in [0.1, 0.15) is 10.8 Å². The molecule has 0 fully saturated rings. The van der Waals surface area contributed by atoms with Gasteiger partial charge in [-0.1, -0.05) is 30.1 Å². The van der Waals surface area contributed by atoms with Crippen LogP contribution in [0.3, 0.4) is 0 Å². The highest BCUT2D eigenvalue weighted by molar-refractivity contribution is 6.41. The van der Waals surface area contributed by atoms with E-state index in [9.17, 15) is 4.79 Å². The molecule has 0 aliphatic carbocycles. The quantitative estimate of drug-likeness (QED) is 0.764. The maximum atomic E-state index is 11.6. The molecule has 0 radical (unpaired) electrons. The first-order chi connectivity index (χ1) is 7.08. The van der Waals surface area contributed by atoms with Crippen molar-refractivity contribution in [1.82, 2.24) is 10.3 Å². The molecule has 4 nitrogen and oxygen atoms in total. The van der Waals surface area contributed by atoms with Gasteiger partial charge in [-0.15, -0.1) is 0 Å². The molecule has 1 aromatic heterocycles. The van der Waals surface area contributed by atoms with Gasteiger partial charge in [0, 0.05) is 0 Å². The van der Waals surface area contributed by atoms with E-state index in [1.807, 2.05) is 6.92 Å². The molecule has 0 unspecified atom stereocenters. The van der Waals surface area contributed by atoms with Crippen LogP contribution in [0.15, 0.2) is 6.07 Å². The van der Waals surface area contributed by atoms with E-state index in [1.165, 1.54) is 6.07 Å². The first-order valence-corrected chi connectivity index (χ1v) is 5.29. The number of hydrogen-bond acceptors (Lipinski definition) is 2. The molecule has 1 heterocycles. The zero-order valence-electron chi connectivity index (χ0n) is 8.18. The van der Waals surface area contributed by atoms with Gasteiger partial charge in [-0.25, -0.2) is 0 Å². The van der Waals surface area contributed by atoms with E-state index in [0.29, 0.717) is 11.4 Å². The van der Waals surface area contributed by atoms with Gasteiger partial charge in [0.15, 0.2) is 0 Å². The molecule has 1 rings (SSSR count). The Morgan fingerprint density at radius 2 is 2.33 bits per heavy atom. The van der Waals surface area contributed by atoms with Crippen LogP contribution in [-0.2, 0) is 0 Å². The Labute approximate surface area is 97.6 Å². The van der Waals surface area contributed by atoms with Gasteiger partial charge in [-0.05, 0) is 12.5 Å². The third-order valence-corrected chi connectivity index (χ3v) is 2.71. The number of aromatic amines is 1. The lowest BCUT2D eigenvalue weighted by Gasteiger charge is -2.12. The van der Waals surface area contributed by atoms with Crippen LogP contribution in [0.5, 0.6) is 0 Å². The van der Waals surface area contributed by atoms with Gasteiger partial charge < -0.3 is 15.4 Å². The fourth-order valence-electron chi connectivity index (χ4n) is 1.07. The van der Waals surface area contributed by atoms with E-state index in [1.54, 1.807) is 0 Å². The van der Waals surface area contributed by atoms with E-state index in [0.717, 1.165) is 0 Å². The second kappa shape index (κ2) is 5.39. The third kappa shape index (κ3) is 3.12. The molecule has 0 aliphatic heterocycles. The Hall–Kier alpha value is -0.710. The van der Waals surface area contributed by atoms with Crippen molar-refractivity contribution in [3.8, 4) is 0 Å². The Kier molecular flexibility index (Phi) is 4.45. The van der Waals surface area contributed by atoms with Crippen LogP contribution in [0.25, 0.3) is 0 Å². The fourth-order valence-corrected chi connectivity index (χ4v) is 1.38. The number of nitrogens with one attached hydrogen (secondary N) is 2. The molecule has 3 N–H and O–H groups in total. The minimum atomic E-state index is -0.329. The molecule has 15 heavy (non-hydrogen) atoms. The number of H-pyrrole nitrogens is 1. The maximum Gasteiger partial charge on any atom is 0.268 e. The number of aromatic nitrogens is 1. The van der Waals surface area contributed by atoms with Crippen LogP contribution in [-0.4, -0.2) is 28.6 Å². The van der Waals surface area contributed by atoms with Crippen molar-refractivity contribution in [1.29, 1.82) is 0 Å². The first-order valence-electron chi connectivity index (χ1n) is 4.54. The summed E-state index contributed by atoms with van der Waals surface area (Å²) in [5.41, 5.74) is 0.289. The molecular weight excluding hydrogens is 239 g/mol. The zero-order valence-corrected chi connectivity index (χ0v) is 9.69. The Bertz CT molecular complexity index is 328. The lowest BCUT2D eigenvalue weighted by atomic mass is 10.2. The predicted octanol–water partition coefficient (Wildman–Crippen LogP) is 1.82. The number of carbonyl (C=O) groups is 1. The average Bonchev–Trinajstić information content (AvgIpc) is 2.55. The maximum absolute atomic E-state index is 11.6. The molecule has 0 spiro atoms. The highest BCUT2D eigenvalue weighted by Gasteiger charge is 2.14. The monoisotopic (exact) mass is 250 g/mol.